The fourth-order valence-electron chi connectivity index (χ4n) is 2.08. The lowest BCUT2D eigenvalue weighted by Gasteiger charge is -2.32. The van der Waals surface area contributed by atoms with E-state index in [1.54, 1.807) is 17.8 Å². The molecule has 1 fully saturated rings. The molecule has 1 aliphatic rings. The van der Waals surface area contributed by atoms with Crippen molar-refractivity contribution in [2.45, 2.75) is 17.9 Å². The topological polar surface area (TPSA) is 32.3 Å². The molecule has 1 saturated heterocycles. The minimum atomic E-state index is 0.0317. The zero-order chi connectivity index (χ0) is 13.1. The van der Waals surface area contributed by atoms with E-state index in [0.717, 1.165) is 24.5 Å². The van der Waals surface area contributed by atoms with E-state index in [1.807, 2.05) is 23.3 Å². The minimum absolute atomic E-state index is 0.0317. The van der Waals surface area contributed by atoms with Crippen LogP contribution in [0.25, 0.3) is 0 Å². The third-order valence-electron chi connectivity index (χ3n) is 3.06. The zero-order valence-electron chi connectivity index (χ0n) is 10.6. The third-order valence-corrected chi connectivity index (χ3v) is 4.11. The third kappa shape index (κ3) is 2.99. The number of nitrogens with zero attached hydrogens (tertiary/aromatic N) is 1. The number of amides is 1. The largest absolute Gasteiger partial charge is 0.336 e. The number of piperazine rings is 1. The lowest BCUT2D eigenvalue weighted by Crippen LogP contribution is -2.51. The molecule has 0 aromatic heterocycles. The summed E-state index contributed by atoms with van der Waals surface area (Å²) in [6.45, 7) is 4.40. The molecule has 0 radical (unpaired) electrons. The van der Waals surface area contributed by atoms with Gasteiger partial charge in [-0.2, -0.15) is 0 Å². The Morgan fingerprint density at radius 2 is 2.33 bits per heavy atom. The predicted octanol–water partition coefficient (Wildman–Crippen LogP) is 2.50. The summed E-state index contributed by atoms with van der Waals surface area (Å²) >= 11 is 7.75. The van der Waals surface area contributed by atoms with Crippen LogP contribution < -0.4 is 5.32 Å². The van der Waals surface area contributed by atoms with Crippen molar-refractivity contribution in [1.82, 2.24) is 10.2 Å². The molecule has 98 valence electrons. The lowest BCUT2D eigenvalue weighted by molar-refractivity contribution is 0.0709. The summed E-state index contributed by atoms with van der Waals surface area (Å²) in [5, 5.41) is 3.86. The van der Waals surface area contributed by atoms with Crippen LogP contribution in [0.15, 0.2) is 23.1 Å². The lowest BCUT2D eigenvalue weighted by atomic mass is 10.1. The molecule has 1 aliphatic heterocycles. The summed E-state index contributed by atoms with van der Waals surface area (Å²) in [4.78, 5) is 15.4. The highest BCUT2D eigenvalue weighted by molar-refractivity contribution is 7.98. The van der Waals surface area contributed by atoms with Crippen LogP contribution in [0, 0.1) is 0 Å². The molecule has 0 spiro atoms. The van der Waals surface area contributed by atoms with E-state index in [2.05, 4.69) is 12.2 Å². The first-order chi connectivity index (χ1) is 8.61. The zero-order valence-corrected chi connectivity index (χ0v) is 12.1. The molecule has 0 aliphatic carbocycles. The molecule has 1 N–H and O–H groups in total. The Morgan fingerprint density at radius 3 is 3.00 bits per heavy atom. The molecule has 18 heavy (non-hydrogen) atoms. The van der Waals surface area contributed by atoms with Crippen LogP contribution in [0.3, 0.4) is 0 Å². The van der Waals surface area contributed by atoms with Crippen molar-refractivity contribution in [2.75, 3.05) is 25.9 Å². The maximum atomic E-state index is 12.4. The first-order valence-corrected chi connectivity index (χ1v) is 7.58. The average Bonchev–Trinajstić information content (AvgIpc) is 2.38. The smallest absolute Gasteiger partial charge is 0.255 e. The Balaban J connectivity index is 2.22. The van der Waals surface area contributed by atoms with Crippen LogP contribution in [0.4, 0.5) is 0 Å². The highest BCUT2D eigenvalue weighted by atomic mass is 35.5. The molecule has 1 heterocycles. The molecule has 1 atom stereocenters. The van der Waals surface area contributed by atoms with Gasteiger partial charge in [0, 0.05) is 30.6 Å². The Kier molecular flexibility index (Phi) is 4.54. The highest BCUT2D eigenvalue weighted by Gasteiger charge is 2.23. The maximum Gasteiger partial charge on any atom is 0.255 e. The molecule has 1 aromatic carbocycles. The van der Waals surface area contributed by atoms with Gasteiger partial charge in [-0.15, -0.1) is 11.8 Å². The second-order valence-electron chi connectivity index (χ2n) is 4.45. The summed E-state index contributed by atoms with van der Waals surface area (Å²) < 4.78 is 0. The molecule has 0 bridgehead atoms. The van der Waals surface area contributed by atoms with Crippen LogP contribution in [0.2, 0.25) is 5.02 Å². The van der Waals surface area contributed by atoms with E-state index < -0.39 is 0 Å². The van der Waals surface area contributed by atoms with Crippen molar-refractivity contribution in [2.24, 2.45) is 0 Å². The molecule has 0 saturated carbocycles. The highest BCUT2D eigenvalue weighted by Crippen LogP contribution is 2.24. The van der Waals surface area contributed by atoms with Crippen molar-refractivity contribution < 1.29 is 4.79 Å². The number of thioether (sulfide) groups is 1. The second kappa shape index (κ2) is 5.95. The van der Waals surface area contributed by atoms with Crippen LogP contribution in [0.1, 0.15) is 17.3 Å². The molecule has 1 amide bonds. The van der Waals surface area contributed by atoms with Gasteiger partial charge in [0.15, 0.2) is 0 Å². The van der Waals surface area contributed by atoms with Crippen molar-refractivity contribution in [3.63, 3.8) is 0 Å². The molecule has 1 aromatic rings. The van der Waals surface area contributed by atoms with Crippen LogP contribution >= 0.6 is 23.4 Å². The van der Waals surface area contributed by atoms with Gasteiger partial charge < -0.3 is 10.2 Å². The summed E-state index contributed by atoms with van der Waals surface area (Å²) in [6.07, 6.45) is 1.99. The fourth-order valence-corrected chi connectivity index (χ4v) is 2.72. The summed E-state index contributed by atoms with van der Waals surface area (Å²) in [5.74, 6) is 0.0317. The Bertz CT molecular complexity index is 453. The first-order valence-electron chi connectivity index (χ1n) is 5.98. The molecule has 5 heteroatoms. The number of hydrogen-bond acceptors (Lipinski definition) is 3. The molecular formula is C13H17ClN2OS. The van der Waals surface area contributed by atoms with Crippen LogP contribution in [-0.2, 0) is 0 Å². The van der Waals surface area contributed by atoms with E-state index in [4.69, 9.17) is 11.6 Å². The normalized spacial score (nSPS) is 19.9. The second-order valence-corrected chi connectivity index (χ2v) is 5.74. The van der Waals surface area contributed by atoms with Gasteiger partial charge >= 0.3 is 0 Å². The Morgan fingerprint density at radius 1 is 1.56 bits per heavy atom. The van der Waals surface area contributed by atoms with Gasteiger partial charge in [-0.25, -0.2) is 0 Å². The van der Waals surface area contributed by atoms with Gasteiger partial charge in [0.1, 0.15) is 0 Å². The number of rotatable bonds is 2. The summed E-state index contributed by atoms with van der Waals surface area (Å²) in [7, 11) is 0. The van der Waals surface area contributed by atoms with Crippen molar-refractivity contribution >= 4 is 29.3 Å². The van der Waals surface area contributed by atoms with Gasteiger partial charge in [0.05, 0.1) is 10.6 Å². The Hall–Kier alpha value is -0.710. The SMILES string of the molecule is CSc1ccc(Cl)c(C(=O)N2CCNC(C)C2)c1. The van der Waals surface area contributed by atoms with E-state index in [9.17, 15) is 4.79 Å². The van der Waals surface area contributed by atoms with Gasteiger partial charge in [-0.1, -0.05) is 11.6 Å². The van der Waals surface area contributed by atoms with Crippen LogP contribution in [0.5, 0.6) is 0 Å². The standard InChI is InChI=1S/C13H17ClN2OS/c1-9-8-16(6-5-15-9)13(17)11-7-10(18-2)3-4-12(11)14/h3-4,7,9,15H,5-6,8H2,1-2H3. The number of hydrogen-bond donors (Lipinski definition) is 1. The van der Waals surface area contributed by atoms with Crippen molar-refractivity contribution in [1.29, 1.82) is 0 Å². The molecular weight excluding hydrogens is 268 g/mol. The number of halogens is 1. The number of benzene rings is 1. The monoisotopic (exact) mass is 284 g/mol. The van der Waals surface area contributed by atoms with Crippen molar-refractivity contribution in [3.8, 4) is 0 Å². The molecule has 1 unspecified atom stereocenters. The minimum Gasteiger partial charge on any atom is -0.336 e. The maximum absolute atomic E-state index is 12.4. The van der Waals surface area contributed by atoms with Crippen molar-refractivity contribution in [3.05, 3.63) is 28.8 Å². The number of nitrogens with one attached hydrogen (secondary N) is 1. The van der Waals surface area contributed by atoms with Gasteiger partial charge in [0.25, 0.3) is 5.91 Å². The van der Waals surface area contributed by atoms with Gasteiger partial charge in [-0.05, 0) is 31.4 Å². The number of carbonyl (C=O) groups is 1. The molecule has 3 nitrogen and oxygen atoms in total. The quantitative estimate of drug-likeness (QED) is 0.847. The van der Waals surface area contributed by atoms with E-state index >= 15 is 0 Å². The summed E-state index contributed by atoms with van der Waals surface area (Å²) in [6, 6.07) is 5.95. The first kappa shape index (κ1) is 13.7. The number of carbonyl (C=O) groups excluding carboxylic acids is 1. The molecule has 2 rings (SSSR count). The van der Waals surface area contributed by atoms with Crippen LogP contribution in [-0.4, -0.2) is 42.7 Å². The van der Waals surface area contributed by atoms with E-state index in [0.29, 0.717) is 16.6 Å². The predicted molar refractivity (Wildman–Crippen MR) is 76.6 cm³/mol. The van der Waals surface area contributed by atoms with E-state index in [-0.39, 0.29) is 5.91 Å². The average molecular weight is 285 g/mol. The Labute approximate surface area is 117 Å². The van der Waals surface area contributed by atoms with E-state index in [1.165, 1.54) is 0 Å². The fraction of sp³-hybridized carbons (Fsp3) is 0.462. The van der Waals surface area contributed by atoms with Gasteiger partial charge in [-0.3, -0.25) is 4.79 Å². The van der Waals surface area contributed by atoms with Gasteiger partial charge in [0.2, 0.25) is 0 Å². The summed E-state index contributed by atoms with van der Waals surface area (Å²) in [5.41, 5.74) is 0.609.